The Kier molecular flexibility index (Phi) is 3.79. The molecule has 21 heavy (non-hydrogen) atoms. The van der Waals surface area contributed by atoms with Crippen molar-refractivity contribution in [2.75, 3.05) is 11.6 Å². The zero-order chi connectivity index (χ0) is 14.8. The highest BCUT2D eigenvalue weighted by atomic mass is 32.2. The number of hydrogen-bond donors (Lipinski definition) is 2. The first-order chi connectivity index (χ1) is 10.2. The molecule has 1 aromatic carbocycles. The van der Waals surface area contributed by atoms with Crippen molar-refractivity contribution in [3.8, 4) is 0 Å². The van der Waals surface area contributed by atoms with Gasteiger partial charge in [-0.2, -0.15) is 5.10 Å². The summed E-state index contributed by atoms with van der Waals surface area (Å²) in [7, 11) is 0. The number of H-pyrrole nitrogens is 1. The minimum atomic E-state index is 0.529. The molecule has 0 radical (unpaired) electrons. The maximum Gasteiger partial charge on any atom is 0.161 e. The van der Waals surface area contributed by atoms with Gasteiger partial charge in [-0.1, -0.05) is 26.0 Å². The standard InChI is InChI=1S/C15H17N5S/c1-9(2)10-4-6-11(7-5-10)18-13-12-14(17-8-16-13)19-20-15(12)21-3/h4-9H,1-3H3,(H2,16,17,18,19,20). The van der Waals surface area contributed by atoms with Gasteiger partial charge in [0, 0.05) is 5.69 Å². The molecular formula is C15H17N5S. The summed E-state index contributed by atoms with van der Waals surface area (Å²) in [5.41, 5.74) is 3.07. The number of thioether (sulfide) groups is 1. The monoisotopic (exact) mass is 299 g/mol. The zero-order valence-electron chi connectivity index (χ0n) is 12.2. The van der Waals surface area contributed by atoms with Gasteiger partial charge < -0.3 is 5.32 Å². The number of fused-ring (bicyclic) bond motifs is 1. The van der Waals surface area contributed by atoms with Crippen LogP contribution in [-0.4, -0.2) is 26.4 Å². The number of hydrogen-bond acceptors (Lipinski definition) is 5. The van der Waals surface area contributed by atoms with Crippen molar-refractivity contribution >= 4 is 34.3 Å². The summed E-state index contributed by atoms with van der Waals surface area (Å²) in [6.45, 7) is 4.37. The first-order valence-corrected chi connectivity index (χ1v) is 8.01. The first kappa shape index (κ1) is 13.9. The van der Waals surface area contributed by atoms with Gasteiger partial charge >= 0.3 is 0 Å². The van der Waals surface area contributed by atoms with Gasteiger partial charge in [0.05, 0.1) is 5.39 Å². The molecule has 2 heterocycles. The summed E-state index contributed by atoms with van der Waals surface area (Å²) in [5, 5.41) is 12.3. The van der Waals surface area contributed by atoms with Crippen LogP contribution in [0.25, 0.3) is 11.0 Å². The number of rotatable bonds is 4. The van der Waals surface area contributed by atoms with Gasteiger partial charge in [0.2, 0.25) is 0 Å². The minimum absolute atomic E-state index is 0.529. The SMILES string of the molecule is CSc1n[nH]c2ncnc(Nc3ccc(C(C)C)cc3)c12. The van der Waals surface area contributed by atoms with Crippen LogP contribution < -0.4 is 5.32 Å². The van der Waals surface area contributed by atoms with Crippen LogP contribution in [0.2, 0.25) is 0 Å². The van der Waals surface area contributed by atoms with E-state index >= 15 is 0 Å². The first-order valence-electron chi connectivity index (χ1n) is 6.79. The maximum absolute atomic E-state index is 4.34. The highest BCUT2D eigenvalue weighted by molar-refractivity contribution is 7.98. The smallest absolute Gasteiger partial charge is 0.161 e. The molecule has 0 fully saturated rings. The van der Waals surface area contributed by atoms with Gasteiger partial charge in [-0.15, -0.1) is 11.8 Å². The molecule has 108 valence electrons. The Morgan fingerprint density at radius 3 is 2.57 bits per heavy atom. The summed E-state index contributed by atoms with van der Waals surface area (Å²) in [6, 6.07) is 8.41. The van der Waals surface area contributed by atoms with E-state index in [0.717, 1.165) is 27.6 Å². The highest BCUT2D eigenvalue weighted by Crippen LogP contribution is 2.29. The molecule has 0 saturated heterocycles. The molecule has 3 aromatic rings. The van der Waals surface area contributed by atoms with E-state index in [4.69, 9.17) is 0 Å². The van der Waals surface area contributed by atoms with Crippen LogP contribution in [0.5, 0.6) is 0 Å². The van der Waals surface area contributed by atoms with Crippen molar-refractivity contribution < 1.29 is 0 Å². The number of anilines is 2. The third kappa shape index (κ3) is 2.71. The molecule has 0 spiro atoms. The second-order valence-corrected chi connectivity index (χ2v) is 5.88. The average molecular weight is 299 g/mol. The molecular weight excluding hydrogens is 282 g/mol. The lowest BCUT2D eigenvalue weighted by Crippen LogP contribution is -1.96. The third-order valence-corrected chi connectivity index (χ3v) is 4.04. The van der Waals surface area contributed by atoms with E-state index in [0.29, 0.717) is 5.92 Å². The fourth-order valence-electron chi connectivity index (χ4n) is 2.16. The van der Waals surface area contributed by atoms with E-state index in [1.807, 2.05) is 6.26 Å². The number of nitrogens with zero attached hydrogens (tertiary/aromatic N) is 3. The molecule has 2 N–H and O–H groups in total. The van der Waals surface area contributed by atoms with Crippen LogP contribution in [0.4, 0.5) is 11.5 Å². The van der Waals surface area contributed by atoms with Gasteiger partial charge in [-0.3, -0.25) is 5.10 Å². The van der Waals surface area contributed by atoms with Crippen LogP contribution >= 0.6 is 11.8 Å². The molecule has 3 rings (SSSR count). The van der Waals surface area contributed by atoms with E-state index in [2.05, 4.69) is 63.6 Å². The van der Waals surface area contributed by atoms with E-state index in [-0.39, 0.29) is 0 Å². The Morgan fingerprint density at radius 2 is 1.90 bits per heavy atom. The Balaban J connectivity index is 1.96. The van der Waals surface area contributed by atoms with Crippen molar-refractivity contribution in [3.63, 3.8) is 0 Å². The number of aromatic amines is 1. The molecule has 2 aromatic heterocycles. The zero-order valence-corrected chi connectivity index (χ0v) is 13.0. The second-order valence-electron chi connectivity index (χ2n) is 5.08. The van der Waals surface area contributed by atoms with Crippen LogP contribution in [0, 0.1) is 0 Å². The van der Waals surface area contributed by atoms with E-state index < -0.39 is 0 Å². The van der Waals surface area contributed by atoms with Crippen molar-refractivity contribution in [2.45, 2.75) is 24.8 Å². The molecule has 0 unspecified atom stereocenters. The predicted molar refractivity (Wildman–Crippen MR) is 87.3 cm³/mol. The lowest BCUT2D eigenvalue weighted by molar-refractivity contribution is 0.867. The van der Waals surface area contributed by atoms with Gasteiger partial charge in [-0.05, 0) is 29.9 Å². The van der Waals surface area contributed by atoms with Crippen molar-refractivity contribution in [2.24, 2.45) is 0 Å². The quantitative estimate of drug-likeness (QED) is 0.714. The summed E-state index contributed by atoms with van der Waals surface area (Å²) in [4.78, 5) is 8.55. The average Bonchev–Trinajstić information content (AvgIpc) is 2.92. The Labute approximate surface area is 127 Å². The molecule has 0 aliphatic rings. The molecule has 0 amide bonds. The van der Waals surface area contributed by atoms with Crippen molar-refractivity contribution in [3.05, 3.63) is 36.2 Å². The van der Waals surface area contributed by atoms with Gasteiger partial charge in [0.25, 0.3) is 0 Å². The molecule has 0 aliphatic heterocycles. The van der Waals surface area contributed by atoms with Crippen LogP contribution in [0.1, 0.15) is 25.3 Å². The van der Waals surface area contributed by atoms with Crippen molar-refractivity contribution in [1.82, 2.24) is 20.2 Å². The Hall–Kier alpha value is -2.08. The second kappa shape index (κ2) is 5.73. The van der Waals surface area contributed by atoms with Crippen molar-refractivity contribution in [1.29, 1.82) is 0 Å². The molecule has 0 bridgehead atoms. The molecule has 6 heteroatoms. The third-order valence-electron chi connectivity index (χ3n) is 3.36. The largest absolute Gasteiger partial charge is 0.339 e. The molecule has 5 nitrogen and oxygen atoms in total. The van der Waals surface area contributed by atoms with Gasteiger partial charge in [0.15, 0.2) is 5.65 Å². The summed E-state index contributed by atoms with van der Waals surface area (Å²) < 4.78 is 0. The fourth-order valence-corrected chi connectivity index (χ4v) is 2.70. The van der Waals surface area contributed by atoms with Crippen LogP contribution in [0.15, 0.2) is 35.6 Å². The summed E-state index contributed by atoms with van der Waals surface area (Å²) >= 11 is 1.57. The topological polar surface area (TPSA) is 66.5 Å². The number of benzene rings is 1. The van der Waals surface area contributed by atoms with E-state index in [1.165, 1.54) is 11.9 Å². The van der Waals surface area contributed by atoms with E-state index in [1.54, 1.807) is 11.8 Å². The molecule has 0 saturated carbocycles. The summed E-state index contributed by atoms with van der Waals surface area (Å²) in [5.74, 6) is 1.30. The number of aromatic nitrogens is 4. The maximum atomic E-state index is 4.34. The minimum Gasteiger partial charge on any atom is -0.339 e. The normalized spacial score (nSPS) is 11.2. The van der Waals surface area contributed by atoms with E-state index in [9.17, 15) is 0 Å². The lowest BCUT2D eigenvalue weighted by Gasteiger charge is -2.09. The number of nitrogens with one attached hydrogen (secondary N) is 2. The Morgan fingerprint density at radius 1 is 1.14 bits per heavy atom. The predicted octanol–water partition coefficient (Wildman–Crippen LogP) is 3.94. The summed E-state index contributed by atoms with van der Waals surface area (Å²) in [6.07, 6.45) is 3.53. The van der Waals surface area contributed by atoms with Crippen LogP contribution in [-0.2, 0) is 0 Å². The van der Waals surface area contributed by atoms with Crippen LogP contribution in [0.3, 0.4) is 0 Å². The molecule has 0 aliphatic carbocycles. The lowest BCUT2D eigenvalue weighted by atomic mass is 10.0. The van der Waals surface area contributed by atoms with Gasteiger partial charge in [0.1, 0.15) is 17.2 Å². The van der Waals surface area contributed by atoms with Gasteiger partial charge in [-0.25, -0.2) is 9.97 Å². The molecule has 0 atom stereocenters. The highest BCUT2D eigenvalue weighted by Gasteiger charge is 2.12. The Bertz CT molecular complexity index is 748. The fraction of sp³-hybridized carbons (Fsp3) is 0.267.